The van der Waals surface area contributed by atoms with Gasteiger partial charge < -0.3 is 24.6 Å². The maximum Gasteiger partial charge on any atom is 0.103 e. The molecule has 3 aliphatic rings. The van der Waals surface area contributed by atoms with Gasteiger partial charge in [-0.2, -0.15) is 0 Å². The molecule has 0 radical (unpaired) electrons. The van der Waals surface area contributed by atoms with Gasteiger partial charge in [0.1, 0.15) is 6.10 Å². The number of hydrogen-bond donors (Lipinski definition) is 2. The zero-order chi connectivity index (χ0) is 26.6. The van der Waals surface area contributed by atoms with Crippen LogP contribution in [-0.2, 0) is 9.47 Å². The number of hydrogen-bond acceptors (Lipinski definition) is 5. The Morgan fingerprint density at radius 2 is 1.86 bits per heavy atom. The third kappa shape index (κ3) is 7.64. The summed E-state index contributed by atoms with van der Waals surface area (Å²) < 4.78 is 12.5. The minimum absolute atomic E-state index is 0.0282. The Morgan fingerprint density at radius 1 is 1.17 bits per heavy atom. The van der Waals surface area contributed by atoms with E-state index in [1.807, 2.05) is 14.1 Å². The van der Waals surface area contributed by atoms with Crippen molar-refractivity contribution < 1.29 is 19.7 Å². The lowest BCUT2D eigenvalue weighted by Crippen LogP contribution is -2.53. The van der Waals surface area contributed by atoms with Gasteiger partial charge in [0.15, 0.2) is 0 Å². The average Bonchev–Trinajstić information content (AvgIpc) is 3.44. The molecule has 2 aliphatic heterocycles. The van der Waals surface area contributed by atoms with E-state index < -0.39 is 12.2 Å². The Hall–Kier alpha value is -1.24. The molecule has 2 N–H and O–H groups in total. The van der Waals surface area contributed by atoms with Gasteiger partial charge in [0, 0.05) is 6.04 Å². The van der Waals surface area contributed by atoms with E-state index in [2.05, 4.69) is 76.0 Å². The number of nitrogens with zero attached hydrogens (tertiary/aromatic N) is 1. The lowest BCUT2D eigenvalue weighted by molar-refractivity contribution is -0.136. The van der Waals surface area contributed by atoms with E-state index in [9.17, 15) is 10.2 Å². The summed E-state index contributed by atoms with van der Waals surface area (Å²) in [5, 5.41) is 20.8. The minimum Gasteiger partial charge on any atom is -0.393 e. The lowest BCUT2D eigenvalue weighted by Gasteiger charge is -2.41. The Labute approximate surface area is 219 Å². The van der Waals surface area contributed by atoms with Gasteiger partial charge in [-0.25, -0.2) is 0 Å². The van der Waals surface area contributed by atoms with Gasteiger partial charge in [0.2, 0.25) is 0 Å². The molecular weight excluding hydrogens is 450 g/mol. The summed E-state index contributed by atoms with van der Waals surface area (Å²) in [6, 6.07) is 0.0282. The zero-order valence-electron chi connectivity index (χ0n) is 23.8. The van der Waals surface area contributed by atoms with E-state index in [1.54, 1.807) is 6.92 Å². The van der Waals surface area contributed by atoms with Gasteiger partial charge in [-0.05, 0) is 95.4 Å². The highest BCUT2D eigenvalue weighted by molar-refractivity contribution is 5.20. The predicted octanol–water partition coefficient (Wildman–Crippen LogP) is 5.30. The van der Waals surface area contributed by atoms with Crippen molar-refractivity contribution in [2.24, 2.45) is 23.7 Å². The quantitative estimate of drug-likeness (QED) is 0.398. The average molecular weight is 502 g/mol. The highest BCUT2D eigenvalue weighted by Crippen LogP contribution is 2.48. The van der Waals surface area contributed by atoms with Crippen LogP contribution in [0.1, 0.15) is 67.2 Å². The van der Waals surface area contributed by atoms with Crippen LogP contribution in [-0.4, -0.2) is 71.9 Å². The SMILES string of the molecule is CC[C@H]1O[C@@H](/C(C)=C/[C@H](C)/C=C/[C@H]2[C@@H](C)[C@@H]2/C=C/[C@@H]2O[C@H](CC(C)O)C[C@H](N(C)C)[C@H]2O)CC=C1C. The molecule has 36 heavy (non-hydrogen) atoms. The molecule has 0 bridgehead atoms. The molecule has 5 heteroatoms. The fraction of sp³-hybridized carbons (Fsp3) is 0.742. The topological polar surface area (TPSA) is 62.2 Å². The van der Waals surface area contributed by atoms with Gasteiger partial charge in [0.05, 0.1) is 30.5 Å². The maximum absolute atomic E-state index is 10.9. The first-order valence-corrected chi connectivity index (χ1v) is 14.1. The van der Waals surface area contributed by atoms with Crippen LogP contribution in [0.3, 0.4) is 0 Å². The number of likely N-dealkylation sites (N-methyl/N-ethyl adjacent to an activating group) is 1. The molecule has 0 amide bonds. The van der Waals surface area contributed by atoms with Gasteiger partial charge in [-0.3, -0.25) is 0 Å². The van der Waals surface area contributed by atoms with E-state index in [0.29, 0.717) is 30.1 Å². The highest BCUT2D eigenvalue weighted by atomic mass is 16.5. The zero-order valence-corrected chi connectivity index (χ0v) is 23.8. The van der Waals surface area contributed by atoms with Crippen LogP contribution < -0.4 is 0 Å². The third-order valence-corrected chi connectivity index (χ3v) is 8.42. The first kappa shape index (κ1) is 29.3. The van der Waals surface area contributed by atoms with Crippen LogP contribution in [0.4, 0.5) is 0 Å². The second-order valence-electron chi connectivity index (χ2n) is 11.8. The van der Waals surface area contributed by atoms with E-state index in [4.69, 9.17) is 9.47 Å². The van der Waals surface area contributed by atoms with Gasteiger partial charge in [-0.1, -0.05) is 57.2 Å². The molecule has 5 nitrogen and oxygen atoms in total. The molecule has 1 saturated heterocycles. The van der Waals surface area contributed by atoms with Crippen LogP contribution in [0.25, 0.3) is 0 Å². The number of ether oxygens (including phenoxy) is 2. The van der Waals surface area contributed by atoms with Crippen molar-refractivity contribution in [2.45, 2.75) is 110 Å². The standard InChI is InChI=1S/C31H51NO4/c1-9-28-20(3)11-14-29(36-28)21(4)16-19(2)10-12-25-23(6)26(25)13-15-30-31(34)27(32(7)8)18-24(35-30)17-22(5)33/h10-13,15-16,19,22-31,33-34H,9,14,17-18H2,1-8H3/b12-10+,15-13+,21-16+/t19-,22?,23-,24-,25+,26+,27+,28-,29-,30+,31-/m1/s1. The van der Waals surface area contributed by atoms with Crippen LogP contribution in [0.5, 0.6) is 0 Å². The number of allylic oxidation sites excluding steroid dienone is 4. The summed E-state index contributed by atoms with van der Waals surface area (Å²) >= 11 is 0. The smallest absolute Gasteiger partial charge is 0.103 e. The lowest BCUT2D eigenvalue weighted by atomic mass is 9.91. The van der Waals surface area contributed by atoms with Crippen LogP contribution in [0, 0.1) is 23.7 Å². The monoisotopic (exact) mass is 501 g/mol. The number of aliphatic hydroxyl groups is 2. The van der Waals surface area contributed by atoms with E-state index in [1.165, 1.54) is 11.1 Å². The van der Waals surface area contributed by atoms with Crippen molar-refractivity contribution in [1.82, 2.24) is 4.90 Å². The summed E-state index contributed by atoms with van der Waals surface area (Å²) in [4.78, 5) is 2.07. The summed E-state index contributed by atoms with van der Waals surface area (Å²) in [5.41, 5.74) is 2.68. The third-order valence-electron chi connectivity index (χ3n) is 8.42. The summed E-state index contributed by atoms with van der Waals surface area (Å²) in [6.45, 7) is 12.9. The first-order chi connectivity index (χ1) is 17.0. The minimum atomic E-state index is -0.564. The molecule has 3 rings (SSSR count). The molecular formula is C31H51NO4. The second-order valence-corrected chi connectivity index (χ2v) is 11.8. The fourth-order valence-corrected chi connectivity index (χ4v) is 5.94. The number of aliphatic hydroxyl groups excluding tert-OH is 2. The predicted molar refractivity (Wildman–Crippen MR) is 148 cm³/mol. The maximum atomic E-state index is 10.9. The normalized spacial score (nSPS) is 39.6. The molecule has 1 saturated carbocycles. The van der Waals surface area contributed by atoms with E-state index in [-0.39, 0.29) is 30.5 Å². The molecule has 11 atom stereocenters. The highest BCUT2D eigenvalue weighted by Gasteiger charge is 2.43. The molecule has 0 spiro atoms. The van der Waals surface area contributed by atoms with Crippen molar-refractivity contribution in [3.8, 4) is 0 Å². The summed E-state index contributed by atoms with van der Waals surface area (Å²) in [5.74, 6) is 1.96. The van der Waals surface area contributed by atoms with E-state index in [0.717, 1.165) is 19.3 Å². The molecule has 0 aromatic carbocycles. The van der Waals surface area contributed by atoms with Crippen molar-refractivity contribution in [2.75, 3.05) is 14.1 Å². The second kappa shape index (κ2) is 13.0. The van der Waals surface area contributed by atoms with E-state index >= 15 is 0 Å². The molecule has 1 aliphatic carbocycles. The van der Waals surface area contributed by atoms with Crippen molar-refractivity contribution in [3.63, 3.8) is 0 Å². The molecule has 2 heterocycles. The fourth-order valence-electron chi connectivity index (χ4n) is 5.94. The van der Waals surface area contributed by atoms with Crippen LogP contribution >= 0.6 is 0 Å². The summed E-state index contributed by atoms with van der Waals surface area (Å²) in [6.07, 6.45) is 16.1. The largest absolute Gasteiger partial charge is 0.393 e. The Kier molecular flexibility index (Phi) is 10.6. The van der Waals surface area contributed by atoms with Crippen LogP contribution in [0.15, 0.2) is 47.6 Å². The number of rotatable bonds is 10. The molecule has 0 aromatic heterocycles. The van der Waals surface area contributed by atoms with Gasteiger partial charge >= 0.3 is 0 Å². The molecule has 0 aromatic rings. The summed E-state index contributed by atoms with van der Waals surface area (Å²) in [7, 11) is 4.00. The Bertz CT molecular complexity index is 828. The Morgan fingerprint density at radius 3 is 2.50 bits per heavy atom. The first-order valence-electron chi connectivity index (χ1n) is 14.1. The molecule has 2 fully saturated rings. The molecule has 204 valence electrons. The van der Waals surface area contributed by atoms with Crippen LogP contribution in [0.2, 0.25) is 0 Å². The van der Waals surface area contributed by atoms with Crippen molar-refractivity contribution in [3.05, 3.63) is 47.6 Å². The van der Waals surface area contributed by atoms with Crippen molar-refractivity contribution in [1.29, 1.82) is 0 Å². The molecule has 1 unspecified atom stereocenters. The van der Waals surface area contributed by atoms with Crippen molar-refractivity contribution >= 4 is 0 Å². The van der Waals surface area contributed by atoms with Gasteiger partial charge in [0.25, 0.3) is 0 Å². The Balaban J connectivity index is 1.56. The van der Waals surface area contributed by atoms with Gasteiger partial charge in [-0.15, -0.1) is 0 Å².